The number of aromatic nitrogens is 1. The summed E-state index contributed by atoms with van der Waals surface area (Å²) in [5, 5.41) is 4.06. The van der Waals surface area contributed by atoms with Crippen molar-refractivity contribution in [1.29, 1.82) is 0 Å². The van der Waals surface area contributed by atoms with Gasteiger partial charge in [-0.05, 0) is 29.1 Å². The van der Waals surface area contributed by atoms with Crippen molar-refractivity contribution in [3.8, 4) is 0 Å². The lowest BCUT2D eigenvalue weighted by Gasteiger charge is -2.18. The van der Waals surface area contributed by atoms with E-state index in [4.69, 9.17) is 0 Å². The van der Waals surface area contributed by atoms with Crippen molar-refractivity contribution in [3.63, 3.8) is 0 Å². The Morgan fingerprint density at radius 3 is 2.70 bits per heavy atom. The zero-order valence-corrected chi connectivity index (χ0v) is 13.6. The third kappa shape index (κ3) is 3.68. The number of aromatic amines is 1. The Kier molecular flexibility index (Phi) is 4.57. The fourth-order valence-corrected chi connectivity index (χ4v) is 3.32. The molecule has 0 fully saturated rings. The summed E-state index contributed by atoms with van der Waals surface area (Å²) in [6.45, 7) is 0. The van der Waals surface area contributed by atoms with Gasteiger partial charge in [-0.3, -0.25) is 9.00 Å². The zero-order chi connectivity index (χ0) is 16.2. The lowest BCUT2D eigenvalue weighted by Crippen LogP contribution is -2.31. The average molecular weight is 326 g/mol. The molecule has 2 N–H and O–H groups in total. The van der Waals surface area contributed by atoms with E-state index in [1.165, 1.54) is 0 Å². The average Bonchev–Trinajstić information content (AvgIpc) is 3.02. The van der Waals surface area contributed by atoms with Gasteiger partial charge in [0.25, 0.3) is 5.91 Å². The van der Waals surface area contributed by atoms with Crippen LogP contribution in [-0.2, 0) is 10.8 Å². The maximum absolute atomic E-state index is 12.6. The molecule has 2 aromatic carbocycles. The van der Waals surface area contributed by atoms with Crippen LogP contribution in [0.1, 0.15) is 22.0 Å². The Balaban J connectivity index is 1.83. The summed E-state index contributed by atoms with van der Waals surface area (Å²) in [6, 6.07) is 16.9. The van der Waals surface area contributed by atoms with Gasteiger partial charge in [0.2, 0.25) is 0 Å². The molecule has 118 valence electrons. The SMILES string of the molecule is C[S@@](=O)C[C@@H](NC(=O)c1ccc2cc[nH]c2c1)c1ccccc1. The van der Waals surface area contributed by atoms with Gasteiger partial charge >= 0.3 is 0 Å². The number of carbonyl (C=O) groups is 1. The van der Waals surface area contributed by atoms with Crippen molar-refractivity contribution < 1.29 is 9.00 Å². The first-order valence-corrected chi connectivity index (χ1v) is 9.09. The number of carbonyl (C=O) groups excluding carboxylic acids is 1. The first kappa shape index (κ1) is 15.5. The van der Waals surface area contributed by atoms with E-state index in [0.29, 0.717) is 11.3 Å². The Morgan fingerprint density at radius 1 is 1.17 bits per heavy atom. The molecule has 0 aliphatic rings. The van der Waals surface area contributed by atoms with Crippen molar-refractivity contribution >= 4 is 27.6 Å². The summed E-state index contributed by atoms with van der Waals surface area (Å²) in [5.74, 6) is 0.223. The molecule has 0 spiro atoms. The van der Waals surface area contributed by atoms with Crippen LogP contribution < -0.4 is 5.32 Å². The molecule has 1 amide bonds. The van der Waals surface area contributed by atoms with Gasteiger partial charge < -0.3 is 10.3 Å². The predicted octanol–water partition coefficient (Wildman–Crippen LogP) is 3.02. The van der Waals surface area contributed by atoms with Crippen LogP contribution in [0.5, 0.6) is 0 Å². The second-order valence-corrected chi connectivity index (χ2v) is 6.94. The second-order valence-electron chi connectivity index (χ2n) is 5.46. The number of amides is 1. The molecule has 3 rings (SSSR count). The van der Waals surface area contributed by atoms with Crippen molar-refractivity contribution in [3.05, 3.63) is 71.9 Å². The maximum atomic E-state index is 12.6. The Labute approximate surface area is 137 Å². The molecule has 23 heavy (non-hydrogen) atoms. The van der Waals surface area contributed by atoms with Crippen LogP contribution in [0.4, 0.5) is 0 Å². The van der Waals surface area contributed by atoms with Gasteiger partial charge in [0.15, 0.2) is 0 Å². The quantitative estimate of drug-likeness (QED) is 0.757. The van der Waals surface area contributed by atoms with Crippen LogP contribution in [0.25, 0.3) is 10.9 Å². The normalized spacial score (nSPS) is 13.6. The summed E-state index contributed by atoms with van der Waals surface area (Å²) >= 11 is 0. The summed E-state index contributed by atoms with van der Waals surface area (Å²) < 4.78 is 11.6. The molecule has 3 aromatic rings. The summed E-state index contributed by atoms with van der Waals surface area (Å²) in [4.78, 5) is 15.7. The number of benzene rings is 2. The van der Waals surface area contributed by atoms with Crippen LogP contribution in [0.2, 0.25) is 0 Å². The molecule has 0 saturated heterocycles. The molecule has 0 bridgehead atoms. The Hall–Kier alpha value is -2.40. The number of rotatable bonds is 5. The molecule has 2 atom stereocenters. The van der Waals surface area contributed by atoms with E-state index in [1.807, 2.05) is 54.7 Å². The topological polar surface area (TPSA) is 62.0 Å². The number of hydrogen-bond donors (Lipinski definition) is 2. The minimum atomic E-state index is -1.01. The van der Waals surface area contributed by atoms with Crippen molar-refractivity contribution in [1.82, 2.24) is 10.3 Å². The Morgan fingerprint density at radius 2 is 1.96 bits per heavy atom. The van der Waals surface area contributed by atoms with Crippen LogP contribution in [-0.4, -0.2) is 27.1 Å². The van der Waals surface area contributed by atoms with Gasteiger partial charge in [0.1, 0.15) is 0 Å². The molecule has 1 aromatic heterocycles. The van der Waals surface area contributed by atoms with Crippen LogP contribution in [0, 0.1) is 0 Å². The highest BCUT2D eigenvalue weighted by Crippen LogP contribution is 2.17. The highest BCUT2D eigenvalue weighted by molar-refractivity contribution is 7.84. The minimum absolute atomic E-state index is 0.166. The van der Waals surface area contributed by atoms with Gasteiger partial charge in [-0.15, -0.1) is 0 Å². The van der Waals surface area contributed by atoms with Gasteiger partial charge in [0, 0.05) is 40.1 Å². The zero-order valence-electron chi connectivity index (χ0n) is 12.8. The summed E-state index contributed by atoms with van der Waals surface area (Å²) in [7, 11) is -1.01. The van der Waals surface area contributed by atoms with E-state index in [1.54, 1.807) is 12.3 Å². The first-order chi connectivity index (χ1) is 11.1. The fourth-order valence-electron chi connectivity index (χ4n) is 2.57. The van der Waals surface area contributed by atoms with Crippen LogP contribution in [0.3, 0.4) is 0 Å². The van der Waals surface area contributed by atoms with Crippen molar-refractivity contribution in [2.45, 2.75) is 6.04 Å². The molecule has 0 unspecified atom stereocenters. The Bertz CT molecular complexity index is 842. The molecule has 1 heterocycles. The standard InChI is InChI=1S/C18H18N2O2S/c1-23(22)12-17(13-5-3-2-4-6-13)20-18(21)15-8-7-14-9-10-19-16(14)11-15/h2-11,17,19H,12H2,1H3,(H,20,21)/t17-,23-/m1/s1. The lowest BCUT2D eigenvalue weighted by molar-refractivity contribution is 0.0940. The van der Waals surface area contributed by atoms with Crippen LogP contribution >= 0.6 is 0 Å². The largest absolute Gasteiger partial charge is 0.361 e. The number of H-pyrrole nitrogens is 1. The number of fused-ring (bicyclic) bond motifs is 1. The first-order valence-electron chi connectivity index (χ1n) is 7.36. The minimum Gasteiger partial charge on any atom is -0.361 e. The molecular formula is C18H18N2O2S. The highest BCUT2D eigenvalue weighted by atomic mass is 32.2. The van der Waals surface area contributed by atoms with Crippen molar-refractivity contribution in [2.24, 2.45) is 0 Å². The second kappa shape index (κ2) is 6.79. The monoisotopic (exact) mass is 326 g/mol. The molecule has 0 radical (unpaired) electrons. The molecule has 5 heteroatoms. The lowest BCUT2D eigenvalue weighted by atomic mass is 10.1. The maximum Gasteiger partial charge on any atom is 0.251 e. The smallest absolute Gasteiger partial charge is 0.251 e. The number of hydrogen-bond acceptors (Lipinski definition) is 2. The van der Waals surface area contributed by atoms with E-state index in [-0.39, 0.29) is 11.9 Å². The van der Waals surface area contributed by atoms with E-state index < -0.39 is 10.8 Å². The summed E-state index contributed by atoms with van der Waals surface area (Å²) in [6.07, 6.45) is 3.49. The fraction of sp³-hybridized carbons (Fsp3) is 0.167. The van der Waals surface area contributed by atoms with Crippen molar-refractivity contribution in [2.75, 3.05) is 12.0 Å². The van der Waals surface area contributed by atoms with E-state index in [2.05, 4.69) is 10.3 Å². The molecule has 4 nitrogen and oxygen atoms in total. The molecular weight excluding hydrogens is 308 g/mol. The number of nitrogens with one attached hydrogen (secondary N) is 2. The third-order valence-corrected chi connectivity index (χ3v) is 4.53. The van der Waals surface area contributed by atoms with Gasteiger partial charge in [-0.2, -0.15) is 0 Å². The van der Waals surface area contributed by atoms with E-state index in [9.17, 15) is 9.00 Å². The highest BCUT2D eigenvalue weighted by Gasteiger charge is 2.17. The van der Waals surface area contributed by atoms with Gasteiger partial charge in [0.05, 0.1) is 6.04 Å². The van der Waals surface area contributed by atoms with Gasteiger partial charge in [-0.1, -0.05) is 36.4 Å². The van der Waals surface area contributed by atoms with E-state index in [0.717, 1.165) is 16.5 Å². The van der Waals surface area contributed by atoms with Crippen LogP contribution in [0.15, 0.2) is 60.8 Å². The molecule has 0 aliphatic carbocycles. The molecule has 0 aliphatic heterocycles. The summed E-state index contributed by atoms with van der Waals surface area (Å²) in [5.41, 5.74) is 2.47. The molecule has 0 saturated carbocycles. The van der Waals surface area contributed by atoms with Gasteiger partial charge in [-0.25, -0.2) is 0 Å². The predicted molar refractivity (Wildman–Crippen MR) is 93.9 cm³/mol. The third-order valence-electron chi connectivity index (χ3n) is 3.73. The van der Waals surface area contributed by atoms with E-state index >= 15 is 0 Å².